The number of halogens is 1. The molecule has 1 aromatic rings. The molecule has 3 nitrogen and oxygen atoms in total. The maximum Gasteiger partial charge on any atom is 0.148 e. The minimum atomic E-state index is -0.322. The first kappa shape index (κ1) is 12.2. The van der Waals surface area contributed by atoms with Crippen molar-refractivity contribution in [2.75, 3.05) is 37.8 Å². The summed E-state index contributed by atoms with van der Waals surface area (Å²) in [5, 5.41) is 0. The van der Waals surface area contributed by atoms with Gasteiger partial charge in [0.1, 0.15) is 5.82 Å². The van der Waals surface area contributed by atoms with E-state index in [-0.39, 0.29) is 11.5 Å². The van der Waals surface area contributed by atoms with Gasteiger partial charge in [-0.05, 0) is 45.1 Å². The molecule has 0 radical (unpaired) electrons. The quantitative estimate of drug-likeness (QED) is 0.798. The lowest BCUT2D eigenvalue weighted by Crippen LogP contribution is -2.42. The zero-order valence-corrected chi connectivity index (χ0v) is 10.5. The fourth-order valence-corrected chi connectivity index (χ4v) is 2.35. The second-order valence-corrected chi connectivity index (χ2v) is 4.89. The maximum atomic E-state index is 13.4. The fourth-order valence-electron chi connectivity index (χ4n) is 2.35. The Morgan fingerprint density at radius 2 is 1.94 bits per heavy atom. The van der Waals surface area contributed by atoms with Crippen LogP contribution >= 0.6 is 0 Å². The number of rotatable bonds is 2. The van der Waals surface area contributed by atoms with E-state index >= 15 is 0 Å². The van der Waals surface area contributed by atoms with Crippen molar-refractivity contribution in [3.8, 4) is 0 Å². The highest BCUT2D eigenvalue weighted by atomic mass is 19.1. The molecule has 4 heteroatoms. The number of benzene rings is 1. The largest absolute Gasteiger partial charge is 0.396 e. The first-order valence-corrected chi connectivity index (χ1v) is 6.04. The van der Waals surface area contributed by atoms with E-state index in [4.69, 9.17) is 5.73 Å². The van der Waals surface area contributed by atoms with Gasteiger partial charge in [0.2, 0.25) is 0 Å². The number of hydrogen-bond donors (Lipinski definition) is 1. The molecule has 1 saturated heterocycles. The summed E-state index contributed by atoms with van der Waals surface area (Å²) in [4.78, 5) is 4.49. The number of anilines is 2. The van der Waals surface area contributed by atoms with E-state index in [2.05, 4.69) is 23.9 Å². The number of piperidine rings is 1. The zero-order chi connectivity index (χ0) is 12.4. The summed E-state index contributed by atoms with van der Waals surface area (Å²) in [6.45, 7) is 1.96. The van der Waals surface area contributed by atoms with Crippen LogP contribution < -0.4 is 10.6 Å². The summed E-state index contributed by atoms with van der Waals surface area (Å²) in [6.07, 6.45) is 2.25. The SMILES string of the molecule is CN(C)C1CCN(c2ccc(N)c(F)c2)CC1. The van der Waals surface area contributed by atoms with Gasteiger partial charge in [-0.3, -0.25) is 0 Å². The van der Waals surface area contributed by atoms with Crippen molar-refractivity contribution in [2.45, 2.75) is 18.9 Å². The molecular formula is C13H20FN3. The molecule has 17 heavy (non-hydrogen) atoms. The normalized spacial score (nSPS) is 17.8. The molecular weight excluding hydrogens is 217 g/mol. The Hall–Kier alpha value is -1.29. The Bertz CT molecular complexity index is 384. The van der Waals surface area contributed by atoms with Crippen molar-refractivity contribution in [2.24, 2.45) is 0 Å². The molecule has 1 heterocycles. The third kappa shape index (κ3) is 2.69. The number of nitrogens with two attached hydrogens (primary N) is 1. The summed E-state index contributed by atoms with van der Waals surface area (Å²) in [5.74, 6) is -0.322. The highest BCUT2D eigenvalue weighted by Gasteiger charge is 2.21. The van der Waals surface area contributed by atoms with Gasteiger partial charge in [0.05, 0.1) is 5.69 Å². The molecule has 2 N–H and O–H groups in total. The van der Waals surface area contributed by atoms with E-state index in [1.165, 1.54) is 6.07 Å². The molecule has 94 valence electrons. The van der Waals surface area contributed by atoms with E-state index in [0.717, 1.165) is 31.6 Å². The van der Waals surface area contributed by atoms with Crippen molar-refractivity contribution in [3.05, 3.63) is 24.0 Å². The van der Waals surface area contributed by atoms with Crippen molar-refractivity contribution in [1.82, 2.24) is 4.90 Å². The van der Waals surface area contributed by atoms with E-state index in [1.54, 1.807) is 6.07 Å². The predicted octanol–water partition coefficient (Wildman–Crippen LogP) is 1.94. The summed E-state index contributed by atoms with van der Waals surface area (Å²) < 4.78 is 13.4. The molecule has 2 rings (SSSR count). The van der Waals surface area contributed by atoms with Crippen molar-refractivity contribution < 1.29 is 4.39 Å². The van der Waals surface area contributed by atoms with Gasteiger partial charge in [0.15, 0.2) is 0 Å². The summed E-state index contributed by atoms with van der Waals surface area (Å²) >= 11 is 0. The molecule has 0 unspecified atom stereocenters. The molecule has 1 aliphatic heterocycles. The minimum absolute atomic E-state index is 0.219. The Balaban J connectivity index is 2.03. The Morgan fingerprint density at radius 3 is 2.47 bits per heavy atom. The van der Waals surface area contributed by atoms with E-state index in [0.29, 0.717) is 6.04 Å². The molecule has 1 aliphatic rings. The van der Waals surface area contributed by atoms with Gasteiger partial charge in [0, 0.05) is 24.8 Å². The molecule has 0 aliphatic carbocycles. The van der Waals surface area contributed by atoms with E-state index in [1.807, 2.05) is 6.07 Å². The monoisotopic (exact) mass is 237 g/mol. The predicted molar refractivity (Wildman–Crippen MR) is 69.7 cm³/mol. The van der Waals surface area contributed by atoms with E-state index < -0.39 is 0 Å². The summed E-state index contributed by atoms with van der Waals surface area (Å²) in [5.41, 5.74) is 6.64. The van der Waals surface area contributed by atoms with Gasteiger partial charge < -0.3 is 15.5 Å². The third-order valence-electron chi connectivity index (χ3n) is 3.54. The lowest BCUT2D eigenvalue weighted by molar-refractivity contribution is 0.249. The lowest BCUT2D eigenvalue weighted by atomic mass is 10.0. The second-order valence-electron chi connectivity index (χ2n) is 4.89. The van der Waals surface area contributed by atoms with Gasteiger partial charge in [-0.1, -0.05) is 0 Å². The molecule has 0 aromatic heterocycles. The van der Waals surface area contributed by atoms with Crippen LogP contribution in [0.15, 0.2) is 18.2 Å². The molecule has 0 amide bonds. The zero-order valence-electron chi connectivity index (χ0n) is 10.5. The number of nitrogen functional groups attached to an aromatic ring is 1. The Kier molecular flexibility index (Phi) is 3.52. The highest BCUT2D eigenvalue weighted by molar-refractivity contribution is 5.54. The molecule has 0 bridgehead atoms. The average molecular weight is 237 g/mol. The second kappa shape index (κ2) is 4.92. The molecule has 1 fully saturated rings. The Morgan fingerprint density at radius 1 is 1.29 bits per heavy atom. The smallest absolute Gasteiger partial charge is 0.148 e. The van der Waals surface area contributed by atoms with Crippen LogP contribution in [0, 0.1) is 5.82 Å². The Labute approximate surface area is 102 Å². The summed E-state index contributed by atoms with van der Waals surface area (Å²) in [7, 11) is 4.23. The third-order valence-corrected chi connectivity index (χ3v) is 3.54. The molecule has 1 aromatic carbocycles. The highest BCUT2D eigenvalue weighted by Crippen LogP contribution is 2.24. The standard InChI is InChI=1S/C13H20FN3/c1-16(2)10-5-7-17(8-6-10)11-3-4-13(15)12(14)9-11/h3-4,9-10H,5-8,15H2,1-2H3. The first-order valence-electron chi connectivity index (χ1n) is 6.04. The van der Waals surface area contributed by atoms with Crippen LogP contribution in [0.25, 0.3) is 0 Å². The van der Waals surface area contributed by atoms with Crippen LogP contribution in [0.2, 0.25) is 0 Å². The van der Waals surface area contributed by atoms with Gasteiger partial charge in [-0.25, -0.2) is 4.39 Å². The van der Waals surface area contributed by atoms with Crippen LogP contribution in [0.4, 0.5) is 15.8 Å². The molecule has 0 atom stereocenters. The van der Waals surface area contributed by atoms with Gasteiger partial charge in [-0.2, -0.15) is 0 Å². The maximum absolute atomic E-state index is 13.4. The lowest BCUT2D eigenvalue weighted by Gasteiger charge is -2.36. The average Bonchev–Trinajstić information content (AvgIpc) is 2.33. The number of nitrogens with zero attached hydrogens (tertiary/aromatic N) is 2. The molecule has 0 saturated carbocycles. The van der Waals surface area contributed by atoms with Gasteiger partial charge in [0.25, 0.3) is 0 Å². The van der Waals surface area contributed by atoms with Crippen molar-refractivity contribution in [1.29, 1.82) is 0 Å². The van der Waals surface area contributed by atoms with Crippen molar-refractivity contribution >= 4 is 11.4 Å². The van der Waals surface area contributed by atoms with Crippen LogP contribution in [0.3, 0.4) is 0 Å². The van der Waals surface area contributed by atoms with Crippen LogP contribution in [0.1, 0.15) is 12.8 Å². The molecule has 0 spiro atoms. The first-order chi connectivity index (χ1) is 8.08. The van der Waals surface area contributed by atoms with Crippen molar-refractivity contribution in [3.63, 3.8) is 0 Å². The van der Waals surface area contributed by atoms with Crippen LogP contribution in [-0.2, 0) is 0 Å². The van der Waals surface area contributed by atoms with Crippen LogP contribution in [0.5, 0.6) is 0 Å². The van der Waals surface area contributed by atoms with E-state index in [9.17, 15) is 4.39 Å². The number of hydrogen-bond acceptors (Lipinski definition) is 3. The van der Waals surface area contributed by atoms with Gasteiger partial charge >= 0.3 is 0 Å². The topological polar surface area (TPSA) is 32.5 Å². The fraction of sp³-hybridized carbons (Fsp3) is 0.538. The van der Waals surface area contributed by atoms with Gasteiger partial charge in [-0.15, -0.1) is 0 Å². The minimum Gasteiger partial charge on any atom is -0.396 e. The van der Waals surface area contributed by atoms with Crippen LogP contribution in [-0.4, -0.2) is 38.1 Å². The summed E-state index contributed by atoms with van der Waals surface area (Å²) in [6, 6.07) is 5.72.